The third kappa shape index (κ3) is 3.19. The van der Waals surface area contributed by atoms with Crippen LogP contribution in [0.15, 0.2) is 24.3 Å². The summed E-state index contributed by atoms with van der Waals surface area (Å²) >= 11 is 0. The van der Waals surface area contributed by atoms with Crippen LogP contribution in [0, 0.1) is 5.82 Å². The van der Waals surface area contributed by atoms with Crippen LogP contribution < -0.4 is 0 Å². The number of carbonyl (C=O) groups is 1. The third-order valence-corrected chi connectivity index (χ3v) is 2.92. The summed E-state index contributed by atoms with van der Waals surface area (Å²) < 4.78 is 18.4. The highest BCUT2D eigenvalue weighted by atomic mass is 19.1. The summed E-state index contributed by atoms with van der Waals surface area (Å²) in [6.07, 6.45) is 2.87. The number of halogens is 1. The van der Waals surface area contributed by atoms with Gasteiger partial charge in [-0.25, -0.2) is 9.18 Å². The van der Waals surface area contributed by atoms with E-state index in [1.54, 1.807) is 23.1 Å². The van der Waals surface area contributed by atoms with Crippen LogP contribution in [0.25, 0.3) is 0 Å². The number of likely N-dealkylation sites (tertiary alicyclic amines) is 1. The maximum Gasteiger partial charge on any atom is 0.410 e. The van der Waals surface area contributed by atoms with Crippen LogP contribution in [0.1, 0.15) is 24.8 Å². The molecule has 0 bridgehead atoms. The van der Waals surface area contributed by atoms with E-state index >= 15 is 0 Å². The fourth-order valence-corrected chi connectivity index (χ4v) is 1.92. The largest absolute Gasteiger partial charge is 0.444 e. The van der Waals surface area contributed by atoms with E-state index in [0.29, 0.717) is 5.56 Å². The lowest BCUT2D eigenvalue weighted by Crippen LogP contribution is -2.35. The predicted molar refractivity (Wildman–Crippen MR) is 62.0 cm³/mol. The summed E-state index contributed by atoms with van der Waals surface area (Å²) in [5.41, 5.74) is 0.415. The average Bonchev–Trinajstić information content (AvgIpc) is 2.38. The molecule has 0 atom stereocenters. The van der Waals surface area contributed by atoms with Gasteiger partial charge in [-0.15, -0.1) is 0 Å². The SMILES string of the molecule is O=C(OCc1ccccc1F)N1CCCCC1. The molecular weight excluding hydrogens is 221 g/mol. The molecule has 0 N–H and O–H groups in total. The summed E-state index contributed by atoms with van der Waals surface area (Å²) in [5, 5.41) is 0. The van der Waals surface area contributed by atoms with Crippen molar-refractivity contribution in [2.45, 2.75) is 25.9 Å². The normalized spacial score (nSPS) is 15.7. The molecule has 0 aliphatic carbocycles. The van der Waals surface area contributed by atoms with Crippen LogP contribution in [-0.2, 0) is 11.3 Å². The molecule has 17 heavy (non-hydrogen) atoms. The van der Waals surface area contributed by atoms with Crippen LogP contribution in [-0.4, -0.2) is 24.1 Å². The summed E-state index contributed by atoms with van der Waals surface area (Å²) in [6, 6.07) is 6.33. The monoisotopic (exact) mass is 237 g/mol. The number of hydrogen-bond donors (Lipinski definition) is 0. The van der Waals surface area contributed by atoms with Gasteiger partial charge in [0.15, 0.2) is 0 Å². The summed E-state index contributed by atoms with van der Waals surface area (Å²) in [6.45, 7) is 1.49. The van der Waals surface area contributed by atoms with Gasteiger partial charge in [-0.3, -0.25) is 0 Å². The standard InChI is InChI=1S/C13H16FNO2/c14-12-7-3-2-6-11(12)10-17-13(16)15-8-4-1-5-9-15/h2-3,6-7H,1,4-5,8-10H2. The van der Waals surface area contributed by atoms with E-state index < -0.39 is 0 Å². The first-order chi connectivity index (χ1) is 8.27. The van der Waals surface area contributed by atoms with Crippen molar-refractivity contribution in [2.75, 3.05) is 13.1 Å². The van der Waals surface area contributed by atoms with Gasteiger partial charge in [-0.1, -0.05) is 18.2 Å². The fraction of sp³-hybridized carbons (Fsp3) is 0.462. The molecular formula is C13H16FNO2. The second kappa shape index (κ2) is 5.66. The molecule has 1 fully saturated rings. The van der Waals surface area contributed by atoms with Gasteiger partial charge in [0.25, 0.3) is 0 Å². The van der Waals surface area contributed by atoms with E-state index in [2.05, 4.69) is 0 Å². The number of ether oxygens (including phenoxy) is 1. The van der Waals surface area contributed by atoms with Crippen LogP contribution in [0.4, 0.5) is 9.18 Å². The Hall–Kier alpha value is -1.58. The predicted octanol–water partition coefficient (Wildman–Crippen LogP) is 2.95. The lowest BCUT2D eigenvalue weighted by Gasteiger charge is -2.25. The summed E-state index contributed by atoms with van der Waals surface area (Å²) in [4.78, 5) is 13.3. The molecule has 0 aromatic heterocycles. The van der Waals surface area contributed by atoms with Gasteiger partial charge in [-0.2, -0.15) is 0 Å². The Morgan fingerprint density at radius 1 is 1.24 bits per heavy atom. The van der Waals surface area contributed by atoms with Crippen LogP contribution >= 0.6 is 0 Å². The lowest BCUT2D eigenvalue weighted by atomic mass is 10.1. The van der Waals surface area contributed by atoms with Gasteiger partial charge in [-0.05, 0) is 25.3 Å². The molecule has 1 saturated heterocycles. The molecule has 1 aromatic carbocycles. The highest BCUT2D eigenvalue weighted by Crippen LogP contribution is 2.12. The smallest absolute Gasteiger partial charge is 0.410 e. The van der Waals surface area contributed by atoms with Crippen molar-refractivity contribution in [2.24, 2.45) is 0 Å². The molecule has 0 unspecified atom stereocenters. The number of rotatable bonds is 2. The molecule has 3 nitrogen and oxygen atoms in total. The van der Waals surface area contributed by atoms with Gasteiger partial charge in [0.2, 0.25) is 0 Å². The van der Waals surface area contributed by atoms with Crippen molar-refractivity contribution in [3.05, 3.63) is 35.6 Å². The van der Waals surface area contributed by atoms with E-state index in [9.17, 15) is 9.18 Å². The van der Waals surface area contributed by atoms with Gasteiger partial charge in [0.1, 0.15) is 12.4 Å². The van der Waals surface area contributed by atoms with Gasteiger partial charge < -0.3 is 9.64 Å². The van der Waals surface area contributed by atoms with Crippen molar-refractivity contribution >= 4 is 6.09 Å². The zero-order valence-electron chi connectivity index (χ0n) is 9.69. The molecule has 0 radical (unpaired) electrons. The maximum atomic E-state index is 13.3. The van der Waals surface area contributed by atoms with Crippen LogP contribution in [0.2, 0.25) is 0 Å². The van der Waals surface area contributed by atoms with E-state index in [1.165, 1.54) is 6.07 Å². The van der Waals surface area contributed by atoms with E-state index in [1.807, 2.05) is 0 Å². The van der Waals surface area contributed by atoms with Gasteiger partial charge in [0.05, 0.1) is 0 Å². The van der Waals surface area contributed by atoms with Gasteiger partial charge in [0, 0.05) is 18.7 Å². The second-order valence-electron chi connectivity index (χ2n) is 4.19. The highest BCUT2D eigenvalue weighted by Gasteiger charge is 2.17. The molecule has 0 saturated carbocycles. The number of nitrogens with zero attached hydrogens (tertiary/aromatic N) is 1. The summed E-state index contributed by atoms with van der Waals surface area (Å²) in [5.74, 6) is -0.334. The summed E-state index contributed by atoms with van der Waals surface area (Å²) in [7, 11) is 0. The topological polar surface area (TPSA) is 29.5 Å². The molecule has 1 heterocycles. The first-order valence-electron chi connectivity index (χ1n) is 5.92. The fourth-order valence-electron chi connectivity index (χ4n) is 1.92. The van der Waals surface area contributed by atoms with Crippen molar-refractivity contribution in [1.82, 2.24) is 4.90 Å². The molecule has 0 spiro atoms. The minimum Gasteiger partial charge on any atom is -0.444 e. The average molecular weight is 237 g/mol. The van der Waals surface area contributed by atoms with E-state index in [-0.39, 0.29) is 18.5 Å². The molecule has 92 valence electrons. The van der Waals surface area contributed by atoms with Crippen molar-refractivity contribution in [1.29, 1.82) is 0 Å². The Balaban J connectivity index is 1.85. The van der Waals surface area contributed by atoms with E-state index in [4.69, 9.17) is 4.74 Å². The van der Waals surface area contributed by atoms with Crippen molar-refractivity contribution in [3.63, 3.8) is 0 Å². The van der Waals surface area contributed by atoms with Crippen molar-refractivity contribution in [3.8, 4) is 0 Å². The first kappa shape index (κ1) is 11.9. The zero-order chi connectivity index (χ0) is 12.1. The Bertz CT molecular complexity index is 389. The quantitative estimate of drug-likeness (QED) is 0.791. The number of hydrogen-bond acceptors (Lipinski definition) is 2. The number of carbonyl (C=O) groups excluding carboxylic acids is 1. The number of piperidine rings is 1. The third-order valence-electron chi connectivity index (χ3n) is 2.92. The van der Waals surface area contributed by atoms with Gasteiger partial charge >= 0.3 is 6.09 Å². The molecule has 1 aliphatic heterocycles. The first-order valence-corrected chi connectivity index (χ1v) is 5.92. The van der Waals surface area contributed by atoms with Crippen LogP contribution in [0.5, 0.6) is 0 Å². The molecule has 2 rings (SSSR count). The Morgan fingerprint density at radius 2 is 1.94 bits per heavy atom. The minimum atomic E-state index is -0.340. The molecule has 4 heteroatoms. The minimum absolute atomic E-state index is 0.00199. The Kier molecular flexibility index (Phi) is 3.96. The zero-order valence-corrected chi connectivity index (χ0v) is 9.69. The molecule has 1 aromatic rings. The molecule has 1 amide bonds. The number of benzene rings is 1. The Labute approximate surface area is 100 Å². The van der Waals surface area contributed by atoms with Crippen molar-refractivity contribution < 1.29 is 13.9 Å². The lowest BCUT2D eigenvalue weighted by molar-refractivity contribution is 0.0886. The van der Waals surface area contributed by atoms with E-state index in [0.717, 1.165) is 32.4 Å². The number of amides is 1. The van der Waals surface area contributed by atoms with Crippen LogP contribution in [0.3, 0.4) is 0 Å². The highest BCUT2D eigenvalue weighted by molar-refractivity contribution is 5.67. The Morgan fingerprint density at radius 3 is 2.65 bits per heavy atom. The molecule has 1 aliphatic rings. The second-order valence-corrected chi connectivity index (χ2v) is 4.19. The maximum absolute atomic E-state index is 13.3.